The lowest BCUT2D eigenvalue weighted by molar-refractivity contribution is -0.117. The van der Waals surface area contributed by atoms with Crippen molar-refractivity contribution in [3.63, 3.8) is 0 Å². The van der Waals surface area contributed by atoms with Crippen molar-refractivity contribution in [2.75, 3.05) is 12.8 Å². The molecule has 0 aliphatic heterocycles. The van der Waals surface area contributed by atoms with E-state index in [1.807, 2.05) is 0 Å². The number of nitrogen functional groups attached to an aromatic ring is 1. The summed E-state index contributed by atoms with van der Waals surface area (Å²) >= 11 is 0. The highest BCUT2D eigenvalue weighted by molar-refractivity contribution is 5.76. The third-order valence-electron chi connectivity index (χ3n) is 1.71. The Labute approximate surface area is 87.7 Å². The van der Waals surface area contributed by atoms with E-state index in [-0.39, 0.29) is 12.3 Å². The molecule has 1 rings (SSSR count). The lowest BCUT2D eigenvalue weighted by Gasteiger charge is -2.03. The molecular weight excluding hydrogens is 194 g/mol. The Morgan fingerprint density at radius 3 is 2.93 bits per heavy atom. The molecule has 0 saturated heterocycles. The minimum absolute atomic E-state index is 0.189. The molecule has 0 aliphatic rings. The molecule has 0 spiro atoms. The first-order chi connectivity index (χ1) is 7.13. The summed E-state index contributed by atoms with van der Waals surface area (Å²) in [6.07, 6.45) is 3.52. The van der Waals surface area contributed by atoms with Crippen molar-refractivity contribution >= 4 is 17.7 Å². The molecule has 1 amide bonds. The Bertz CT molecular complexity index is 388. The molecule has 5 nitrogen and oxygen atoms in total. The highest BCUT2D eigenvalue weighted by atomic mass is 16.5. The summed E-state index contributed by atoms with van der Waals surface area (Å²) in [5.41, 5.74) is 11.7. The second-order valence-electron chi connectivity index (χ2n) is 2.91. The molecule has 5 heteroatoms. The Balaban J connectivity index is 2.78. The van der Waals surface area contributed by atoms with E-state index in [4.69, 9.17) is 16.2 Å². The lowest BCUT2D eigenvalue weighted by Crippen LogP contribution is -2.07. The second-order valence-corrected chi connectivity index (χ2v) is 2.91. The van der Waals surface area contributed by atoms with E-state index >= 15 is 0 Å². The SMILES string of the molecule is COc1nc(C=CCC(N)=O)ccc1N. The molecule has 4 N–H and O–H groups in total. The minimum atomic E-state index is -0.381. The number of carbonyl (C=O) groups is 1. The molecule has 1 aromatic heterocycles. The highest BCUT2D eigenvalue weighted by Gasteiger charge is 2.00. The predicted molar refractivity (Wildman–Crippen MR) is 58.0 cm³/mol. The van der Waals surface area contributed by atoms with Gasteiger partial charge in [0.2, 0.25) is 11.8 Å². The standard InChI is InChI=1S/C10H13N3O2/c1-15-10-8(11)6-5-7(13-10)3-2-4-9(12)14/h2-3,5-6H,4,11H2,1H3,(H2,12,14). The number of anilines is 1. The van der Waals surface area contributed by atoms with Crippen LogP contribution < -0.4 is 16.2 Å². The normalized spacial score (nSPS) is 10.5. The van der Waals surface area contributed by atoms with E-state index < -0.39 is 0 Å². The molecule has 0 aliphatic carbocycles. The van der Waals surface area contributed by atoms with Crippen LogP contribution in [0, 0.1) is 0 Å². The number of rotatable bonds is 4. The van der Waals surface area contributed by atoms with Gasteiger partial charge in [-0.25, -0.2) is 4.98 Å². The Morgan fingerprint density at radius 2 is 2.33 bits per heavy atom. The topological polar surface area (TPSA) is 91.2 Å². The number of pyridine rings is 1. The summed E-state index contributed by atoms with van der Waals surface area (Å²) < 4.78 is 4.95. The quantitative estimate of drug-likeness (QED) is 0.754. The van der Waals surface area contributed by atoms with Crippen LogP contribution in [0.15, 0.2) is 18.2 Å². The number of hydrogen-bond acceptors (Lipinski definition) is 4. The fourth-order valence-corrected chi connectivity index (χ4v) is 1.02. The van der Waals surface area contributed by atoms with Gasteiger partial charge in [0.25, 0.3) is 0 Å². The van der Waals surface area contributed by atoms with Crippen molar-refractivity contribution in [3.8, 4) is 5.88 Å². The number of aromatic nitrogens is 1. The second kappa shape index (κ2) is 4.99. The van der Waals surface area contributed by atoms with Crippen molar-refractivity contribution in [3.05, 3.63) is 23.9 Å². The zero-order valence-corrected chi connectivity index (χ0v) is 8.43. The first-order valence-corrected chi connectivity index (χ1v) is 4.39. The Hall–Kier alpha value is -2.04. The van der Waals surface area contributed by atoms with Gasteiger partial charge < -0.3 is 16.2 Å². The highest BCUT2D eigenvalue weighted by Crippen LogP contribution is 2.18. The van der Waals surface area contributed by atoms with Crippen LogP contribution in [-0.4, -0.2) is 18.0 Å². The number of methoxy groups -OCH3 is 1. The smallest absolute Gasteiger partial charge is 0.237 e. The van der Waals surface area contributed by atoms with Gasteiger partial charge in [-0.1, -0.05) is 6.08 Å². The average molecular weight is 207 g/mol. The van der Waals surface area contributed by atoms with E-state index in [9.17, 15) is 4.79 Å². The molecular formula is C10H13N3O2. The summed E-state index contributed by atoms with van der Waals surface area (Å²) in [6, 6.07) is 3.42. The maximum Gasteiger partial charge on any atom is 0.237 e. The molecule has 0 atom stereocenters. The van der Waals surface area contributed by atoms with Crippen LogP contribution in [0.2, 0.25) is 0 Å². The van der Waals surface area contributed by atoms with Gasteiger partial charge in [0.1, 0.15) is 0 Å². The molecule has 0 radical (unpaired) electrons. The van der Waals surface area contributed by atoms with E-state index in [1.165, 1.54) is 7.11 Å². The first kappa shape index (κ1) is 11.0. The number of nitrogens with zero attached hydrogens (tertiary/aromatic N) is 1. The Morgan fingerprint density at radius 1 is 1.60 bits per heavy atom. The van der Waals surface area contributed by atoms with E-state index in [0.717, 1.165) is 0 Å². The summed E-state index contributed by atoms with van der Waals surface area (Å²) in [6.45, 7) is 0. The van der Waals surface area contributed by atoms with Crippen molar-refractivity contribution in [2.45, 2.75) is 6.42 Å². The van der Waals surface area contributed by atoms with Crippen LogP contribution in [0.5, 0.6) is 5.88 Å². The van der Waals surface area contributed by atoms with Crippen LogP contribution in [0.25, 0.3) is 6.08 Å². The molecule has 0 fully saturated rings. The summed E-state index contributed by atoms with van der Waals surface area (Å²) in [5, 5.41) is 0. The van der Waals surface area contributed by atoms with Gasteiger partial charge in [-0.2, -0.15) is 0 Å². The van der Waals surface area contributed by atoms with Crippen molar-refractivity contribution in [1.29, 1.82) is 0 Å². The molecule has 0 unspecified atom stereocenters. The number of carbonyl (C=O) groups excluding carboxylic acids is 1. The minimum Gasteiger partial charge on any atom is -0.480 e. The summed E-state index contributed by atoms with van der Waals surface area (Å²) in [4.78, 5) is 14.6. The van der Waals surface area contributed by atoms with Crippen LogP contribution in [0.3, 0.4) is 0 Å². The van der Waals surface area contributed by atoms with Crippen LogP contribution in [0.1, 0.15) is 12.1 Å². The van der Waals surface area contributed by atoms with Crippen molar-refractivity contribution < 1.29 is 9.53 Å². The maximum absolute atomic E-state index is 10.5. The molecule has 80 valence electrons. The fourth-order valence-electron chi connectivity index (χ4n) is 1.02. The van der Waals surface area contributed by atoms with Gasteiger partial charge in [-0.05, 0) is 18.2 Å². The number of ether oxygens (including phenoxy) is 1. The third-order valence-corrected chi connectivity index (χ3v) is 1.71. The van der Waals surface area contributed by atoms with Gasteiger partial charge in [-0.3, -0.25) is 4.79 Å². The van der Waals surface area contributed by atoms with Gasteiger partial charge in [0.05, 0.1) is 18.5 Å². The number of primary amides is 1. The summed E-state index contributed by atoms with van der Waals surface area (Å²) in [7, 11) is 1.50. The van der Waals surface area contributed by atoms with E-state index in [2.05, 4.69) is 4.98 Å². The molecule has 0 aromatic carbocycles. The maximum atomic E-state index is 10.5. The zero-order valence-electron chi connectivity index (χ0n) is 8.43. The first-order valence-electron chi connectivity index (χ1n) is 4.39. The van der Waals surface area contributed by atoms with Crippen LogP contribution >= 0.6 is 0 Å². The molecule has 1 heterocycles. The van der Waals surface area contributed by atoms with Gasteiger partial charge in [0.15, 0.2) is 0 Å². The van der Waals surface area contributed by atoms with E-state index in [1.54, 1.807) is 24.3 Å². The predicted octanol–water partition coefficient (Wildman–Crippen LogP) is 0.561. The Kier molecular flexibility index (Phi) is 3.68. The zero-order chi connectivity index (χ0) is 11.3. The van der Waals surface area contributed by atoms with Crippen molar-refractivity contribution in [2.24, 2.45) is 5.73 Å². The molecule has 0 bridgehead atoms. The number of amides is 1. The number of nitrogens with two attached hydrogens (primary N) is 2. The monoisotopic (exact) mass is 207 g/mol. The third kappa shape index (κ3) is 3.30. The number of hydrogen-bond donors (Lipinski definition) is 2. The molecule has 15 heavy (non-hydrogen) atoms. The molecule has 1 aromatic rings. The fraction of sp³-hybridized carbons (Fsp3) is 0.200. The van der Waals surface area contributed by atoms with Crippen LogP contribution in [0.4, 0.5) is 5.69 Å². The molecule has 0 saturated carbocycles. The average Bonchev–Trinajstić information content (AvgIpc) is 2.20. The van der Waals surface area contributed by atoms with E-state index in [0.29, 0.717) is 17.3 Å². The van der Waals surface area contributed by atoms with Gasteiger partial charge >= 0.3 is 0 Å². The van der Waals surface area contributed by atoms with Gasteiger partial charge in [0, 0.05) is 6.42 Å². The lowest BCUT2D eigenvalue weighted by atomic mass is 10.3. The van der Waals surface area contributed by atoms with Gasteiger partial charge in [-0.15, -0.1) is 0 Å². The largest absolute Gasteiger partial charge is 0.480 e. The van der Waals surface area contributed by atoms with Crippen molar-refractivity contribution in [1.82, 2.24) is 4.98 Å². The summed E-state index contributed by atoms with van der Waals surface area (Å²) in [5.74, 6) is -0.00937. The van der Waals surface area contributed by atoms with Crippen LogP contribution in [-0.2, 0) is 4.79 Å².